The minimum atomic E-state index is -0.304. The SMILES string of the molecule is Cc1nn(C)c(C)c1NC(=O)CNc1ccc(F)cc1. The largest absolute Gasteiger partial charge is 0.376 e. The Kier molecular flexibility index (Phi) is 4.02. The summed E-state index contributed by atoms with van der Waals surface area (Å²) in [6.07, 6.45) is 0. The molecule has 106 valence electrons. The summed E-state index contributed by atoms with van der Waals surface area (Å²) in [5, 5.41) is 9.99. The fourth-order valence-corrected chi connectivity index (χ4v) is 1.89. The summed E-state index contributed by atoms with van der Waals surface area (Å²) in [4.78, 5) is 11.9. The van der Waals surface area contributed by atoms with Crippen molar-refractivity contribution in [3.05, 3.63) is 41.5 Å². The molecular formula is C14H17FN4O. The molecule has 6 heteroatoms. The fraction of sp³-hybridized carbons (Fsp3) is 0.286. The molecule has 0 fully saturated rings. The lowest BCUT2D eigenvalue weighted by atomic mass is 10.3. The highest BCUT2D eigenvalue weighted by molar-refractivity contribution is 5.94. The highest BCUT2D eigenvalue weighted by atomic mass is 19.1. The van der Waals surface area contributed by atoms with Crippen molar-refractivity contribution in [2.75, 3.05) is 17.2 Å². The second-order valence-electron chi connectivity index (χ2n) is 4.58. The van der Waals surface area contributed by atoms with E-state index in [0.717, 1.165) is 17.1 Å². The molecule has 2 N–H and O–H groups in total. The van der Waals surface area contributed by atoms with Gasteiger partial charge in [-0.2, -0.15) is 5.10 Å². The molecule has 1 heterocycles. The van der Waals surface area contributed by atoms with Crippen LogP contribution in [-0.2, 0) is 11.8 Å². The number of rotatable bonds is 4. The molecule has 0 saturated carbocycles. The van der Waals surface area contributed by atoms with Crippen LogP contribution < -0.4 is 10.6 Å². The van der Waals surface area contributed by atoms with E-state index in [9.17, 15) is 9.18 Å². The van der Waals surface area contributed by atoms with E-state index >= 15 is 0 Å². The predicted octanol–water partition coefficient (Wildman–Crippen LogP) is 2.23. The van der Waals surface area contributed by atoms with Crippen molar-refractivity contribution in [1.29, 1.82) is 0 Å². The molecule has 0 bridgehead atoms. The summed E-state index contributed by atoms with van der Waals surface area (Å²) < 4.78 is 14.5. The molecule has 0 aliphatic rings. The maximum absolute atomic E-state index is 12.7. The van der Waals surface area contributed by atoms with Gasteiger partial charge >= 0.3 is 0 Å². The lowest BCUT2D eigenvalue weighted by Gasteiger charge is -2.08. The first-order valence-corrected chi connectivity index (χ1v) is 6.27. The Morgan fingerprint density at radius 3 is 2.50 bits per heavy atom. The first kappa shape index (κ1) is 14.0. The van der Waals surface area contributed by atoms with Crippen molar-refractivity contribution in [2.24, 2.45) is 7.05 Å². The number of nitrogens with zero attached hydrogens (tertiary/aromatic N) is 2. The third kappa shape index (κ3) is 3.14. The van der Waals surface area contributed by atoms with Gasteiger partial charge in [0.2, 0.25) is 5.91 Å². The van der Waals surface area contributed by atoms with Crippen molar-refractivity contribution < 1.29 is 9.18 Å². The van der Waals surface area contributed by atoms with E-state index < -0.39 is 0 Å². The second-order valence-corrected chi connectivity index (χ2v) is 4.58. The average molecular weight is 276 g/mol. The topological polar surface area (TPSA) is 59.0 Å². The molecular weight excluding hydrogens is 259 g/mol. The fourth-order valence-electron chi connectivity index (χ4n) is 1.89. The highest BCUT2D eigenvalue weighted by Gasteiger charge is 2.12. The molecule has 2 rings (SSSR count). The van der Waals surface area contributed by atoms with Gasteiger partial charge < -0.3 is 10.6 Å². The zero-order chi connectivity index (χ0) is 14.7. The van der Waals surface area contributed by atoms with Crippen LogP contribution >= 0.6 is 0 Å². The molecule has 0 unspecified atom stereocenters. The van der Waals surface area contributed by atoms with Gasteiger partial charge in [-0.05, 0) is 38.1 Å². The maximum atomic E-state index is 12.7. The van der Waals surface area contributed by atoms with Crippen molar-refractivity contribution >= 4 is 17.3 Å². The smallest absolute Gasteiger partial charge is 0.243 e. The van der Waals surface area contributed by atoms with E-state index in [1.807, 2.05) is 20.9 Å². The Morgan fingerprint density at radius 2 is 1.95 bits per heavy atom. The van der Waals surface area contributed by atoms with Crippen LogP contribution in [0.1, 0.15) is 11.4 Å². The summed E-state index contributed by atoms with van der Waals surface area (Å²) in [5.41, 5.74) is 3.11. The standard InChI is InChI=1S/C14H17FN4O/c1-9-14(10(2)19(3)18-9)17-13(20)8-16-12-6-4-11(15)5-7-12/h4-7,16H,8H2,1-3H3,(H,17,20). The Morgan fingerprint density at radius 1 is 1.30 bits per heavy atom. The van der Waals surface area contributed by atoms with Crippen molar-refractivity contribution in [2.45, 2.75) is 13.8 Å². The Bertz CT molecular complexity index is 619. The number of aryl methyl sites for hydroxylation is 2. The van der Waals surface area contributed by atoms with Crippen LogP contribution in [0, 0.1) is 19.7 Å². The monoisotopic (exact) mass is 276 g/mol. The van der Waals surface area contributed by atoms with Crippen molar-refractivity contribution in [3.63, 3.8) is 0 Å². The van der Waals surface area contributed by atoms with E-state index in [2.05, 4.69) is 15.7 Å². The van der Waals surface area contributed by atoms with Crippen LogP contribution in [0.3, 0.4) is 0 Å². The highest BCUT2D eigenvalue weighted by Crippen LogP contribution is 2.18. The van der Waals surface area contributed by atoms with Gasteiger partial charge in [-0.3, -0.25) is 9.48 Å². The molecule has 0 radical (unpaired) electrons. The average Bonchev–Trinajstić information content (AvgIpc) is 2.65. The summed E-state index contributed by atoms with van der Waals surface area (Å²) in [6.45, 7) is 3.85. The molecule has 0 aliphatic heterocycles. The Balaban J connectivity index is 1.94. The molecule has 0 saturated heterocycles. The van der Waals surface area contributed by atoms with Gasteiger partial charge in [0.25, 0.3) is 0 Å². The minimum absolute atomic E-state index is 0.111. The number of hydrogen-bond acceptors (Lipinski definition) is 3. The predicted molar refractivity (Wildman–Crippen MR) is 76.2 cm³/mol. The molecule has 0 spiro atoms. The molecule has 5 nitrogen and oxygen atoms in total. The zero-order valence-electron chi connectivity index (χ0n) is 11.7. The number of hydrogen-bond donors (Lipinski definition) is 2. The van der Waals surface area contributed by atoms with E-state index in [4.69, 9.17) is 0 Å². The van der Waals surface area contributed by atoms with Gasteiger partial charge in [-0.15, -0.1) is 0 Å². The van der Waals surface area contributed by atoms with Gasteiger partial charge in [0.15, 0.2) is 0 Å². The van der Waals surface area contributed by atoms with Gasteiger partial charge in [-0.25, -0.2) is 4.39 Å². The van der Waals surface area contributed by atoms with Crippen LogP contribution in [0.5, 0.6) is 0 Å². The first-order chi connectivity index (χ1) is 9.47. The van der Waals surface area contributed by atoms with Crippen molar-refractivity contribution in [1.82, 2.24) is 9.78 Å². The number of aromatic nitrogens is 2. The Hall–Kier alpha value is -2.37. The Labute approximate surface area is 116 Å². The number of nitrogens with one attached hydrogen (secondary N) is 2. The molecule has 0 atom stereocenters. The zero-order valence-corrected chi connectivity index (χ0v) is 11.7. The minimum Gasteiger partial charge on any atom is -0.376 e. The number of anilines is 2. The van der Waals surface area contributed by atoms with E-state index in [1.54, 1.807) is 16.8 Å². The van der Waals surface area contributed by atoms with E-state index in [-0.39, 0.29) is 18.3 Å². The summed E-state index contributed by atoms with van der Waals surface area (Å²) in [5.74, 6) is -0.477. The summed E-state index contributed by atoms with van der Waals surface area (Å²) in [6, 6.07) is 5.86. The lowest BCUT2D eigenvalue weighted by molar-refractivity contribution is -0.114. The quantitative estimate of drug-likeness (QED) is 0.900. The number of carbonyl (C=O) groups is 1. The molecule has 1 amide bonds. The number of benzene rings is 1. The number of carbonyl (C=O) groups excluding carboxylic acids is 1. The summed E-state index contributed by atoms with van der Waals surface area (Å²) >= 11 is 0. The van der Waals surface area contributed by atoms with Crippen LogP contribution in [0.15, 0.2) is 24.3 Å². The number of amides is 1. The third-order valence-electron chi connectivity index (χ3n) is 3.07. The van der Waals surface area contributed by atoms with Crippen LogP contribution in [0.25, 0.3) is 0 Å². The molecule has 1 aromatic heterocycles. The van der Waals surface area contributed by atoms with Gasteiger partial charge in [0, 0.05) is 12.7 Å². The summed E-state index contributed by atoms with van der Waals surface area (Å²) in [7, 11) is 1.83. The van der Waals surface area contributed by atoms with Crippen molar-refractivity contribution in [3.8, 4) is 0 Å². The third-order valence-corrected chi connectivity index (χ3v) is 3.07. The molecule has 20 heavy (non-hydrogen) atoms. The molecule has 1 aromatic carbocycles. The second kappa shape index (κ2) is 5.73. The first-order valence-electron chi connectivity index (χ1n) is 6.27. The number of halogens is 1. The molecule has 2 aromatic rings. The van der Waals surface area contributed by atoms with E-state index in [1.165, 1.54) is 12.1 Å². The normalized spacial score (nSPS) is 10.4. The van der Waals surface area contributed by atoms with Gasteiger partial charge in [-0.1, -0.05) is 0 Å². The van der Waals surface area contributed by atoms with Crippen LogP contribution in [-0.4, -0.2) is 22.2 Å². The molecule has 0 aliphatic carbocycles. The van der Waals surface area contributed by atoms with Gasteiger partial charge in [0.05, 0.1) is 23.6 Å². The van der Waals surface area contributed by atoms with Gasteiger partial charge in [0.1, 0.15) is 5.82 Å². The lowest BCUT2D eigenvalue weighted by Crippen LogP contribution is -2.22. The maximum Gasteiger partial charge on any atom is 0.243 e. The van der Waals surface area contributed by atoms with Crippen LogP contribution in [0.2, 0.25) is 0 Å². The van der Waals surface area contributed by atoms with E-state index in [0.29, 0.717) is 5.69 Å². The van der Waals surface area contributed by atoms with Crippen LogP contribution in [0.4, 0.5) is 15.8 Å².